The molecule has 0 aliphatic heterocycles. The summed E-state index contributed by atoms with van der Waals surface area (Å²) in [5.74, 6) is 0.604. The molecule has 0 fully saturated rings. The maximum absolute atomic E-state index is 10.6. The van der Waals surface area contributed by atoms with Gasteiger partial charge < -0.3 is 10.1 Å². The molecule has 1 aromatic heterocycles. The van der Waals surface area contributed by atoms with E-state index in [1.54, 1.807) is 7.11 Å². The average Bonchev–Trinajstić information content (AvgIpc) is 2.38. The number of nitrogens with zero attached hydrogens (tertiary/aromatic N) is 3. The van der Waals surface area contributed by atoms with Crippen molar-refractivity contribution in [2.24, 2.45) is 5.92 Å². The molecule has 1 heterocycles. The number of anilines is 1. The van der Waals surface area contributed by atoms with Gasteiger partial charge in [0.15, 0.2) is 0 Å². The topological polar surface area (TPSA) is 101 Å². The van der Waals surface area contributed by atoms with Crippen molar-refractivity contribution < 1.29 is 9.66 Å². The minimum atomic E-state index is -0.577. The second kappa shape index (κ2) is 6.66. The van der Waals surface area contributed by atoms with Gasteiger partial charge in [0.25, 0.3) is 5.69 Å². The number of hydrogen-bond donors (Lipinski definition) is 1. The molecule has 0 bridgehead atoms. The Kier molecular flexibility index (Phi) is 5.21. The molecule has 1 unspecified atom stereocenters. The van der Waals surface area contributed by atoms with Gasteiger partial charge in [-0.25, -0.2) is 4.98 Å². The largest absolute Gasteiger partial charge is 0.383 e. The zero-order valence-electron chi connectivity index (χ0n) is 11.1. The van der Waals surface area contributed by atoms with Gasteiger partial charge in [0.05, 0.1) is 17.6 Å². The Bertz CT molecular complexity index is 496. The number of nitrogens with one attached hydrogen (secondary N) is 1. The van der Waals surface area contributed by atoms with E-state index in [1.807, 2.05) is 19.9 Å². The van der Waals surface area contributed by atoms with Crippen LogP contribution in [0.15, 0.2) is 12.3 Å². The van der Waals surface area contributed by atoms with E-state index in [2.05, 4.69) is 10.3 Å². The van der Waals surface area contributed by atoms with Crippen molar-refractivity contribution in [3.05, 3.63) is 27.9 Å². The number of nitro groups is 1. The molecule has 7 heteroatoms. The Labute approximate surface area is 111 Å². The van der Waals surface area contributed by atoms with Gasteiger partial charge >= 0.3 is 0 Å². The summed E-state index contributed by atoms with van der Waals surface area (Å²) in [6.45, 7) is 4.48. The molecule has 0 aliphatic carbocycles. The number of nitriles is 1. The summed E-state index contributed by atoms with van der Waals surface area (Å²) in [6.07, 6.45) is 1.13. The Morgan fingerprint density at radius 2 is 2.32 bits per heavy atom. The zero-order valence-corrected chi connectivity index (χ0v) is 11.1. The van der Waals surface area contributed by atoms with Gasteiger partial charge in [0, 0.05) is 13.2 Å². The van der Waals surface area contributed by atoms with Gasteiger partial charge in [0.2, 0.25) is 0 Å². The van der Waals surface area contributed by atoms with E-state index in [0.29, 0.717) is 12.4 Å². The van der Waals surface area contributed by atoms with Gasteiger partial charge in [-0.15, -0.1) is 0 Å². The van der Waals surface area contributed by atoms with Crippen molar-refractivity contribution in [1.29, 1.82) is 5.26 Å². The average molecular weight is 264 g/mol. The van der Waals surface area contributed by atoms with Gasteiger partial charge in [-0.05, 0) is 5.92 Å². The van der Waals surface area contributed by atoms with Crippen molar-refractivity contribution in [3.8, 4) is 6.07 Å². The molecule has 1 rings (SSSR count). The predicted octanol–water partition coefficient (Wildman–Crippen LogP) is 1.94. The van der Waals surface area contributed by atoms with Crippen LogP contribution in [0.4, 0.5) is 11.5 Å². The summed E-state index contributed by atoms with van der Waals surface area (Å²) in [4.78, 5) is 14.0. The fourth-order valence-corrected chi connectivity index (χ4v) is 1.51. The molecule has 0 saturated carbocycles. The highest BCUT2D eigenvalue weighted by Gasteiger charge is 2.17. The Morgan fingerprint density at radius 3 is 2.79 bits per heavy atom. The fourth-order valence-electron chi connectivity index (χ4n) is 1.51. The van der Waals surface area contributed by atoms with Crippen LogP contribution in [0, 0.1) is 27.4 Å². The lowest BCUT2D eigenvalue weighted by atomic mass is 10.1. The third-order valence-corrected chi connectivity index (χ3v) is 2.68. The first-order chi connectivity index (χ1) is 8.99. The van der Waals surface area contributed by atoms with E-state index in [9.17, 15) is 10.1 Å². The van der Waals surface area contributed by atoms with Crippen LogP contribution in [0.3, 0.4) is 0 Å². The highest BCUT2D eigenvalue weighted by Crippen LogP contribution is 2.20. The van der Waals surface area contributed by atoms with Crippen molar-refractivity contribution >= 4 is 11.5 Å². The van der Waals surface area contributed by atoms with Crippen LogP contribution in [0.2, 0.25) is 0 Å². The molecular weight excluding hydrogens is 248 g/mol. The number of methoxy groups -OCH3 is 1. The molecule has 1 atom stereocenters. The van der Waals surface area contributed by atoms with Gasteiger partial charge in [-0.2, -0.15) is 5.26 Å². The second-order valence-corrected chi connectivity index (χ2v) is 4.41. The smallest absolute Gasteiger partial charge is 0.289 e. The SMILES string of the molecule is COCC(Nc1ncc([N+](=O)[O-])cc1C#N)C(C)C. The van der Waals surface area contributed by atoms with Gasteiger partial charge in [-0.3, -0.25) is 10.1 Å². The summed E-state index contributed by atoms with van der Waals surface area (Å²) < 4.78 is 5.09. The molecule has 19 heavy (non-hydrogen) atoms. The summed E-state index contributed by atoms with van der Waals surface area (Å²) in [6, 6.07) is 3.09. The normalized spacial score (nSPS) is 11.9. The molecule has 0 aromatic carbocycles. The molecule has 0 radical (unpaired) electrons. The van der Waals surface area contributed by atoms with Crippen LogP contribution in [0.5, 0.6) is 0 Å². The first-order valence-electron chi connectivity index (χ1n) is 5.79. The lowest BCUT2D eigenvalue weighted by Crippen LogP contribution is -2.31. The molecule has 1 aromatic rings. The molecule has 0 saturated heterocycles. The standard InChI is InChI=1S/C12H16N4O3/c1-8(2)11(7-19-3)15-12-9(5-13)4-10(6-14-12)16(17)18/h4,6,8,11H,7H2,1-3H3,(H,14,15). The first-order valence-corrected chi connectivity index (χ1v) is 5.79. The van der Waals surface area contributed by atoms with E-state index in [-0.39, 0.29) is 23.2 Å². The number of pyridine rings is 1. The third kappa shape index (κ3) is 3.89. The van der Waals surface area contributed by atoms with E-state index in [1.165, 1.54) is 6.07 Å². The van der Waals surface area contributed by atoms with E-state index in [4.69, 9.17) is 10.00 Å². The minimum Gasteiger partial charge on any atom is -0.383 e. The first kappa shape index (κ1) is 14.9. The van der Waals surface area contributed by atoms with Gasteiger partial charge in [0.1, 0.15) is 23.6 Å². The third-order valence-electron chi connectivity index (χ3n) is 2.68. The van der Waals surface area contributed by atoms with Crippen LogP contribution in [-0.4, -0.2) is 29.7 Å². The zero-order chi connectivity index (χ0) is 14.4. The highest BCUT2D eigenvalue weighted by molar-refractivity contribution is 5.56. The van der Waals surface area contributed by atoms with Gasteiger partial charge in [-0.1, -0.05) is 13.8 Å². The van der Waals surface area contributed by atoms with Crippen LogP contribution < -0.4 is 5.32 Å². The van der Waals surface area contributed by atoms with Crippen molar-refractivity contribution in [3.63, 3.8) is 0 Å². The number of ether oxygens (including phenoxy) is 1. The molecular formula is C12H16N4O3. The summed E-state index contributed by atoms with van der Waals surface area (Å²) >= 11 is 0. The van der Waals surface area contributed by atoms with E-state index >= 15 is 0 Å². The van der Waals surface area contributed by atoms with E-state index in [0.717, 1.165) is 6.20 Å². The molecule has 0 spiro atoms. The van der Waals surface area contributed by atoms with Crippen LogP contribution in [0.1, 0.15) is 19.4 Å². The van der Waals surface area contributed by atoms with Crippen molar-refractivity contribution in [2.45, 2.75) is 19.9 Å². The molecule has 1 N–H and O–H groups in total. The summed E-state index contributed by atoms with van der Waals surface area (Å²) in [7, 11) is 1.59. The summed E-state index contributed by atoms with van der Waals surface area (Å²) in [5, 5.41) is 22.7. The Balaban J connectivity index is 3.00. The van der Waals surface area contributed by atoms with Crippen LogP contribution in [0.25, 0.3) is 0 Å². The second-order valence-electron chi connectivity index (χ2n) is 4.41. The fraction of sp³-hybridized carbons (Fsp3) is 0.500. The molecule has 102 valence electrons. The number of hydrogen-bond acceptors (Lipinski definition) is 6. The predicted molar refractivity (Wildman–Crippen MR) is 69.7 cm³/mol. The maximum atomic E-state index is 10.6. The maximum Gasteiger partial charge on any atom is 0.289 e. The summed E-state index contributed by atoms with van der Waals surface area (Å²) in [5.41, 5.74) is -0.0501. The van der Waals surface area contributed by atoms with Crippen LogP contribution in [-0.2, 0) is 4.74 Å². The molecule has 7 nitrogen and oxygen atoms in total. The van der Waals surface area contributed by atoms with Crippen LogP contribution >= 0.6 is 0 Å². The Hall–Kier alpha value is -2.20. The highest BCUT2D eigenvalue weighted by atomic mass is 16.6. The van der Waals surface area contributed by atoms with Crippen molar-refractivity contribution in [2.75, 3.05) is 19.0 Å². The number of aromatic nitrogens is 1. The molecule has 0 aliphatic rings. The lowest BCUT2D eigenvalue weighted by molar-refractivity contribution is -0.385. The Morgan fingerprint density at radius 1 is 1.63 bits per heavy atom. The lowest BCUT2D eigenvalue weighted by Gasteiger charge is -2.22. The monoisotopic (exact) mass is 264 g/mol. The van der Waals surface area contributed by atoms with E-state index < -0.39 is 4.92 Å². The minimum absolute atomic E-state index is 0.0222. The molecule has 0 amide bonds. The van der Waals surface area contributed by atoms with Crippen molar-refractivity contribution in [1.82, 2.24) is 4.98 Å². The number of rotatable bonds is 6. The quantitative estimate of drug-likeness (QED) is 0.622.